The van der Waals surface area contributed by atoms with E-state index in [-0.39, 0.29) is 0 Å². The summed E-state index contributed by atoms with van der Waals surface area (Å²) >= 11 is 1.70. The molecule has 0 aliphatic rings. The SMILES string of the molecule is CCS(=O)c1c(-c2nc3cc(SC)ccc3n2C)nn2c(C)c(C)c(C)c(C)c12. The van der Waals surface area contributed by atoms with Gasteiger partial charge in [-0.15, -0.1) is 11.8 Å². The molecule has 4 rings (SSSR count). The normalized spacial score (nSPS) is 12.9. The lowest BCUT2D eigenvalue weighted by Gasteiger charge is -2.12. The highest BCUT2D eigenvalue weighted by molar-refractivity contribution is 7.98. The number of fused-ring (bicyclic) bond motifs is 2. The van der Waals surface area contributed by atoms with E-state index < -0.39 is 10.8 Å². The van der Waals surface area contributed by atoms with Crippen molar-refractivity contribution in [3.8, 4) is 11.5 Å². The zero-order valence-corrected chi connectivity index (χ0v) is 19.6. The van der Waals surface area contributed by atoms with Gasteiger partial charge in [0.05, 0.1) is 32.2 Å². The van der Waals surface area contributed by atoms with E-state index in [0.29, 0.717) is 11.4 Å². The monoisotopic (exact) mass is 426 g/mol. The molecule has 3 aromatic heterocycles. The molecule has 0 saturated carbocycles. The van der Waals surface area contributed by atoms with E-state index in [4.69, 9.17) is 10.1 Å². The van der Waals surface area contributed by atoms with Gasteiger partial charge in [-0.2, -0.15) is 5.10 Å². The largest absolute Gasteiger partial charge is 0.326 e. The number of hydrogen-bond donors (Lipinski definition) is 0. The van der Waals surface area contributed by atoms with Crippen LogP contribution in [0.3, 0.4) is 0 Å². The number of nitrogens with zero attached hydrogens (tertiary/aromatic N) is 4. The van der Waals surface area contributed by atoms with Gasteiger partial charge in [-0.05, 0) is 68.8 Å². The Hall–Kier alpha value is -2.12. The minimum atomic E-state index is -1.16. The van der Waals surface area contributed by atoms with Gasteiger partial charge in [0.1, 0.15) is 5.69 Å². The molecule has 7 heteroatoms. The maximum Gasteiger partial charge on any atom is 0.162 e. The van der Waals surface area contributed by atoms with E-state index in [1.807, 2.05) is 18.5 Å². The van der Waals surface area contributed by atoms with Crippen LogP contribution in [0.15, 0.2) is 28.0 Å². The second-order valence-electron chi connectivity index (χ2n) is 7.38. The van der Waals surface area contributed by atoms with Crippen LogP contribution in [0.4, 0.5) is 0 Å². The number of aryl methyl sites for hydroxylation is 3. The number of pyridine rings is 1. The molecule has 5 nitrogen and oxygen atoms in total. The molecular weight excluding hydrogens is 400 g/mol. The number of imidazole rings is 1. The van der Waals surface area contributed by atoms with E-state index in [1.54, 1.807) is 11.8 Å². The molecule has 152 valence electrons. The lowest BCUT2D eigenvalue weighted by molar-refractivity contribution is 0.684. The third-order valence-corrected chi connectivity index (χ3v) is 8.06. The van der Waals surface area contributed by atoms with Crippen molar-refractivity contribution in [1.82, 2.24) is 19.2 Å². The van der Waals surface area contributed by atoms with E-state index in [0.717, 1.165) is 38.5 Å². The van der Waals surface area contributed by atoms with Gasteiger partial charge in [-0.25, -0.2) is 9.50 Å². The Morgan fingerprint density at radius 1 is 1.10 bits per heavy atom. The Balaban J connectivity index is 2.13. The van der Waals surface area contributed by atoms with Crippen molar-refractivity contribution in [2.24, 2.45) is 7.05 Å². The summed E-state index contributed by atoms with van der Waals surface area (Å²) in [6.07, 6.45) is 2.06. The molecule has 3 heterocycles. The third kappa shape index (κ3) is 2.94. The molecule has 0 N–H and O–H groups in total. The summed E-state index contributed by atoms with van der Waals surface area (Å²) in [6, 6.07) is 6.30. The molecule has 0 radical (unpaired) electrons. The van der Waals surface area contributed by atoms with E-state index in [1.165, 1.54) is 16.0 Å². The average Bonchev–Trinajstić information content (AvgIpc) is 3.28. The molecule has 1 unspecified atom stereocenters. The van der Waals surface area contributed by atoms with Gasteiger partial charge in [-0.1, -0.05) is 6.92 Å². The highest BCUT2D eigenvalue weighted by Gasteiger charge is 2.26. The van der Waals surface area contributed by atoms with Crippen LogP contribution < -0.4 is 0 Å². The van der Waals surface area contributed by atoms with E-state index in [2.05, 4.69) is 56.7 Å². The molecule has 1 aromatic carbocycles. The van der Waals surface area contributed by atoms with Crippen LogP contribution in [0.1, 0.15) is 29.3 Å². The van der Waals surface area contributed by atoms with Crippen molar-refractivity contribution < 1.29 is 4.21 Å². The van der Waals surface area contributed by atoms with Crippen LogP contribution in [0.25, 0.3) is 28.1 Å². The molecule has 0 bridgehead atoms. The maximum absolute atomic E-state index is 13.2. The second-order valence-corrected chi connectivity index (χ2v) is 9.94. The lowest BCUT2D eigenvalue weighted by atomic mass is 10.0. The first kappa shape index (κ1) is 20.2. The van der Waals surface area contributed by atoms with Crippen molar-refractivity contribution in [2.45, 2.75) is 44.4 Å². The fourth-order valence-corrected chi connectivity index (χ4v) is 5.41. The zero-order chi connectivity index (χ0) is 21.0. The minimum absolute atomic E-state index is 0.542. The summed E-state index contributed by atoms with van der Waals surface area (Å²) < 4.78 is 17.2. The zero-order valence-electron chi connectivity index (χ0n) is 18.0. The highest BCUT2D eigenvalue weighted by atomic mass is 32.2. The van der Waals surface area contributed by atoms with Crippen molar-refractivity contribution in [2.75, 3.05) is 12.0 Å². The Bertz CT molecular complexity index is 1300. The first-order valence-electron chi connectivity index (χ1n) is 9.68. The topological polar surface area (TPSA) is 52.2 Å². The van der Waals surface area contributed by atoms with Crippen LogP contribution in [0, 0.1) is 27.7 Å². The molecular formula is C22H26N4OS2. The number of hydrogen-bond acceptors (Lipinski definition) is 4. The quantitative estimate of drug-likeness (QED) is 0.432. The lowest BCUT2D eigenvalue weighted by Crippen LogP contribution is -2.03. The van der Waals surface area contributed by atoms with Crippen molar-refractivity contribution in [3.05, 3.63) is 40.6 Å². The maximum atomic E-state index is 13.2. The van der Waals surface area contributed by atoms with Crippen molar-refractivity contribution >= 4 is 39.1 Å². The minimum Gasteiger partial charge on any atom is -0.326 e. The van der Waals surface area contributed by atoms with Crippen LogP contribution in [0.2, 0.25) is 0 Å². The number of thioether (sulfide) groups is 1. The molecule has 1 atom stereocenters. The van der Waals surface area contributed by atoms with Gasteiger partial charge in [0, 0.05) is 23.4 Å². The number of benzene rings is 1. The van der Waals surface area contributed by atoms with E-state index in [9.17, 15) is 4.21 Å². The van der Waals surface area contributed by atoms with Crippen molar-refractivity contribution in [1.29, 1.82) is 0 Å². The molecule has 0 aliphatic carbocycles. The first-order valence-corrected chi connectivity index (χ1v) is 12.2. The Kier molecular flexibility index (Phi) is 5.07. The Labute approximate surface area is 178 Å². The number of aromatic nitrogens is 4. The summed E-state index contributed by atoms with van der Waals surface area (Å²) in [5.74, 6) is 1.30. The standard InChI is InChI=1S/C22H26N4OS2/c1-8-29(27)21-19(24-26-15(5)13(3)12(2)14(4)20(21)26)22-23-17-11-16(28-7)9-10-18(17)25(22)6/h9-11H,8H2,1-7H3. The summed E-state index contributed by atoms with van der Waals surface area (Å²) in [7, 11) is 0.846. The smallest absolute Gasteiger partial charge is 0.162 e. The summed E-state index contributed by atoms with van der Waals surface area (Å²) in [5.41, 5.74) is 8.30. The van der Waals surface area contributed by atoms with Gasteiger partial charge in [0.25, 0.3) is 0 Å². The van der Waals surface area contributed by atoms with Gasteiger partial charge >= 0.3 is 0 Å². The van der Waals surface area contributed by atoms with Gasteiger partial charge < -0.3 is 4.57 Å². The molecule has 0 amide bonds. The highest BCUT2D eigenvalue weighted by Crippen LogP contribution is 2.35. The van der Waals surface area contributed by atoms with Crippen LogP contribution in [-0.4, -0.2) is 35.4 Å². The fourth-order valence-electron chi connectivity index (χ4n) is 3.89. The van der Waals surface area contributed by atoms with Crippen LogP contribution in [0.5, 0.6) is 0 Å². The molecule has 0 spiro atoms. The average molecular weight is 427 g/mol. The van der Waals surface area contributed by atoms with Crippen molar-refractivity contribution in [3.63, 3.8) is 0 Å². The van der Waals surface area contributed by atoms with Crippen LogP contribution in [-0.2, 0) is 17.8 Å². The van der Waals surface area contributed by atoms with Gasteiger partial charge in [-0.3, -0.25) is 4.21 Å². The molecule has 0 aliphatic heterocycles. The van der Waals surface area contributed by atoms with E-state index >= 15 is 0 Å². The Morgan fingerprint density at radius 3 is 2.48 bits per heavy atom. The predicted molar refractivity (Wildman–Crippen MR) is 123 cm³/mol. The molecule has 4 aromatic rings. The summed E-state index contributed by atoms with van der Waals surface area (Å²) in [4.78, 5) is 6.87. The Morgan fingerprint density at radius 2 is 1.83 bits per heavy atom. The van der Waals surface area contributed by atoms with Crippen LogP contribution >= 0.6 is 11.8 Å². The molecule has 29 heavy (non-hydrogen) atoms. The molecule has 0 fully saturated rings. The second kappa shape index (κ2) is 7.29. The summed E-state index contributed by atoms with van der Waals surface area (Å²) in [5, 5.41) is 4.95. The third-order valence-electron chi connectivity index (χ3n) is 5.97. The first-order chi connectivity index (χ1) is 13.8. The number of rotatable bonds is 4. The van der Waals surface area contributed by atoms with Gasteiger partial charge in [0.2, 0.25) is 0 Å². The summed E-state index contributed by atoms with van der Waals surface area (Å²) in [6.45, 7) is 10.4. The fraction of sp³-hybridized carbons (Fsp3) is 0.364. The van der Waals surface area contributed by atoms with Gasteiger partial charge in [0.15, 0.2) is 5.82 Å². The molecule has 0 saturated heterocycles. The predicted octanol–water partition coefficient (Wildman–Crippen LogP) is 4.97.